The molecule has 0 aliphatic carbocycles. The van der Waals surface area contributed by atoms with E-state index in [-0.39, 0.29) is 31.8 Å². The van der Waals surface area contributed by atoms with Crippen LogP contribution in [-0.4, -0.2) is 42.1 Å². The van der Waals surface area contributed by atoms with Crippen molar-refractivity contribution in [3.8, 4) is 6.07 Å². The monoisotopic (exact) mass is 399 g/mol. The lowest BCUT2D eigenvalue weighted by atomic mass is 10.1. The molecule has 0 saturated carbocycles. The minimum atomic E-state index is -2.66. The number of nitriles is 1. The summed E-state index contributed by atoms with van der Waals surface area (Å²) in [5.41, 5.74) is 3.17. The molecule has 0 atom stereocenters. The van der Waals surface area contributed by atoms with Crippen molar-refractivity contribution in [2.45, 2.75) is 23.7 Å². The number of likely N-dealkylation sites (tertiary alicyclic amines) is 1. The number of rotatable bonds is 2. The molecule has 4 rings (SSSR count). The number of carbonyl (C=O) groups is 1. The minimum absolute atomic E-state index is 0.0907. The first kappa shape index (κ1) is 18.8. The smallest absolute Gasteiger partial charge is 0.253 e. The van der Waals surface area contributed by atoms with Crippen LogP contribution in [0.15, 0.2) is 47.4 Å². The van der Waals surface area contributed by atoms with E-state index in [0.29, 0.717) is 11.1 Å². The van der Waals surface area contributed by atoms with Crippen molar-refractivity contribution in [2.75, 3.05) is 30.3 Å². The lowest BCUT2D eigenvalue weighted by molar-refractivity contribution is -0.0494. The van der Waals surface area contributed by atoms with E-state index in [2.05, 4.69) is 11.0 Å². The summed E-state index contributed by atoms with van der Waals surface area (Å²) in [5.74, 6) is -1.97. The summed E-state index contributed by atoms with van der Waals surface area (Å²) < 4.78 is 26.7. The molecular formula is C21H19F2N3OS. The largest absolute Gasteiger partial charge is 0.340 e. The van der Waals surface area contributed by atoms with Gasteiger partial charge < -0.3 is 9.80 Å². The molecule has 0 unspecified atom stereocenters. The standard InChI is InChI=1S/C21H19F2N3OS/c22-21(23)7-9-25(10-8-21)20(27)16-3-6-18-19(13-16)28-12-11-26(18)17-4-1-15(14-24)2-5-17/h1-6,13H,7-12H2. The normalized spacial score (nSPS) is 18.3. The molecule has 2 heterocycles. The number of carbonyl (C=O) groups excluding carboxylic acids is 1. The van der Waals surface area contributed by atoms with Gasteiger partial charge in [0.05, 0.1) is 17.3 Å². The highest BCUT2D eigenvalue weighted by atomic mass is 32.2. The Balaban J connectivity index is 1.56. The molecule has 2 aromatic carbocycles. The van der Waals surface area contributed by atoms with Gasteiger partial charge in [-0.3, -0.25) is 4.79 Å². The molecule has 1 fully saturated rings. The summed E-state index contributed by atoms with van der Waals surface area (Å²) >= 11 is 1.69. The van der Waals surface area contributed by atoms with Crippen molar-refractivity contribution < 1.29 is 13.6 Å². The fourth-order valence-electron chi connectivity index (χ4n) is 3.56. The van der Waals surface area contributed by atoms with E-state index in [1.165, 1.54) is 4.90 Å². The quantitative estimate of drug-likeness (QED) is 0.736. The van der Waals surface area contributed by atoms with E-state index in [0.717, 1.165) is 28.6 Å². The fourth-order valence-corrected chi connectivity index (χ4v) is 4.59. The average Bonchev–Trinajstić information content (AvgIpc) is 2.72. The number of nitrogens with zero attached hydrogens (tertiary/aromatic N) is 3. The van der Waals surface area contributed by atoms with Crippen LogP contribution in [-0.2, 0) is 0 Å². The topological polar surface area (TPSA) is 47.3 Å². The fraction of sp³-hybridized carbons (Fsp3) is 0.333. The van der Waals surface area contributed by atoms with Crippen molar-refractivity contribution in [3.05, 3.63) is 53.6 Å². The van der Waals surface area contributed by atoms with Gasteiger partial charge >= 0.3 is 0 Å². The number of halogens is 2. The summed E-state index contributed by atoms with van der Waals surface area (Å²) in [6.45, 7) is 1.01. The van der Waals surface area contributed by atoms with Crippen LogP contribution in [0, 0.1) is 11.3 Å². The Morgan fingerprint density at radius 2 is 1.79 bits per heavy atom. The summed E-state index contributed by atoms with van der Waals surface area (Å²) in [5, 5.41) is 8.97. The third kappa shape index (κ3) is 3.69. The van der Waals surface area contributed by atoms with E-state index < -0.39 is 5.92 Å². The maximum absolute atomic E-state index is 13.4. The number of hydrogen-bond acceptors (Lipinski definition) is 4. The van der Waals surface area contributed by atoms with E-state index in [1.807, 2.05) is 24.3 Å². The predicted molar refractivity (Wildman–Crippen MR) is 105 cm³/mol. The zero-order valence-corrected chi connectivity index (χ0v) is 16.0. The average molecular weight is 399 g/mol. The molecule has 4 nitrogen and oxygen atoms in total. The van der Waals surface area contributed by atoms with Gasteiger partial charge in [0.15, 0.2) is 0 Å². The number of amides is 1. The van der Waals surface area contributed by atoms with E-state index in [9.17, 15) is 13.6 Å². The highest BCUT2D eigenvalue weighted by Gasteiger charge is 2.36. The number of anilines is 2. The summed E-state index contributed by atoms with van der Waals surface area (Å²) in [6.07, 6.45) is -0.546. The van der Waals surface area contributed by atoms with Crippen LogP contribution >= 0.6 is 11.8 Å². The Morgan fingerprint density at radius 1 is 1.07 bits per heavy atom. The lowest BCUT2D eigenvalue weighted by Gasteiger charge is -2.33. The van der Waals surface area contributed by atoms with Crippen molar-refractivity contribution in [1.29, 1.82) is 5.26 Å². The van der Waals surface area contributed by atoms with E-state index in [1.54, 1.807) is 30.0 Å². The maximum Gasteiger partial charge on any atom is 0.253 e. The highest BCUT2D eigenvalue weighted by molar-refractivity contribution is 7.99. The van der Waals surface area contributed by atoms with Gasteiger partial charge in [0.25, 0.3) is 11.8 Å². The number of alkyl halides is 2. The van der Waals surface area contributed by atoms with Gasteiger partial charge in [0.2, 0.25) is 0 Å². The van der Waals surface area contributed by atoms with Crippen molar-refractivity contribution in [1.82, 2.24) is 4.90 Å². The summed E-state index contributed by atoms with van der Waals surface area (Å²) in [6, 6.07) is 15.1. The predicted octanol–water partition coefficient (Wildman–Crippen LogP) is 4.67. The zero-order chi connectivity index (χ0) is 19.7. The molecule has 0 aromatic heterocycles. The third-order valence-electron chi connectivity index (χ3n) is 5.16. The second-order valence-corrected chi connectivity index (χ2v) is 8.13. The highest BCUT2D eigenvalue weighted by Crippen LogP contribution is 2.40. The van der Waals surface area contributed by atoms with E-state index >= 15 is 0 Å². The van der Waals surface area contributed by atoms with Gasteiger partial charge in [0.1, 0.15) is 0 Å². The molecule has 2 aromatic rings. The third-order valence-corrected chi connectivity index (χ3v) is 6.18. The maximum atomic E-state index is 13.4. The second kappa shape index (κ2) is 7.44. The zero-order valence-electron chi connectivity index (χ0n) is 15.2. The van der Waals surface area contributed by atoms with Crippen LogP contribution in [0.1, 0.15) is 28.8 Å². The van der Waals surface area contributed by atoms with Crippen molar-refractivity contribution in [2.24, 2.45) is 0 Å². The molecule has 7 heteroatoms. The number of benzene rings is 2. The molecule has 2 aliphatic rings. The number of hydrogen-bond donors (Lipinski definition) is 0. The van der Waals surface area contributed by atoms with Gasteiger partial charge in [-0.25, -0.2) is 8.78 Å². The Morgan fingerprint density at radius 3 is 2.46 bits per heavy atom. The molecule has 2 aliphatic heterocycles. The number of thioether (sulfide) groups is 1. The van der Waals surface area contributed by atoms with Crippen LogP contribution in [0.4, 0.5) is 20.2 Å². The minimum Gasteiger partial charge on any atom is -0.340 e. The molecule has 0 N–H and O–H groups in total. The molecule has 1 saturated heterocycles. The molecular weight excluding hydrogens is 380 g/mol. The molecule has 1 amide bonds. The first-order valence-corrected chi connectivity index (χ1v) is 10.2. The van der Waals surface area contributed by atoms with Crippen LogP contribution < -0.4 is 4.90 Å². The Hall–Kier alpha value is -2.59. The van der Waals surface area contributed by atoms with Crippen molar-refractivity contribution >= 4 is 29.0 Å². The summed E-state index contributed by atoms with van der Waals surface area (Å²) in [7, 11) is 0. The van der Waals surface area contributed by atoms with Gasteiger partial charge in [-0.05, 0) is 42.5 Å². The Labute approximate surface area is 166 Å². The Kier molecular flexibility index (Phi) is 4.98. The SMILES string of the molecule is N#Cc1ccc(N2CCSc3cc(C(=O)N4CCC(F)(F)CC4)ccc32)cc1. The Bertz CT molecular complexity index is 930. The summed E-state index contributed by atoms with van der Waals surface area (Å²) in [4.78, 5) is 17.4. The van der Waals surface area contributed by atoms with Crippen LogP contribution in [0.3, 0.4) is 0 Å². The van der Waals surface area contributed by atoms with Crippen LogP contribution in [0.5, 0.6) is 0 Å². The van der Waals surface area contributed by atoms with Gasteiger partial charge in [0, 0.05) is 54.4 Å². The molecule has 0 spiro atoms. The second-order valence-electron chi connectivity index (χ2n) is 6.99. The first-order valence-electron chi connectivity index (χ1n) is 9.18. The van der Waals surface area contributed by atoms with Gasteiger partial charge in [-0.2, -0.15) is 5.26 Å². The molecule has 144 valence electrons. The van der Waals surface area contributed by atoms with E-state index in [4.69, 9.17) is 5.26 Å². The molecule has 0 radical (unpaired) electrons. The van der Waals surface area contributed by atoms with Crippen molar-refractivity contribution in [3.63, 3.8) is 0 Å². The number of piperidine rings is 1. The molecule has 0 bridgehead atoms. The van der Waals surface area contributed by atoms with Crippen LogP contribution in [0.25, 0.3) is 0 Å². The first-order chi connectivity index (χ1) is 13.5. The van der Waals surface area contributed by atoms with Gasteiger partial charge in [-0.15, -0.1) is 11.8 Å². The van der Waals surface area contributed by atoms with Gasteiger partial charge in [-0.1, -0.05) is 0 Å². The number of fused-ring (bicyclic) bond motifs is 1. The van der Waals surface area contributed by atoms with Crippen LogP contribution in [0.2, 0.25) is 0 Å². The lowest BCUT2D eigenvalue weighted by Crippen LogP contribution is -2.42. The molecule has 28 heavy (non-hydrogen) atoms.